The summed E-state index contributed by atoms with van der Waals surface area (Å²) < 4.78 is 0. The molecule has 0 fully saturated rings. The average Bonchev–Trinajstić information content (AvgIpc) is 2.57. The van der Waals surface area contributed by atoms with Crippen molar-refractivity contribution in [2.75, 3.05) is 24.0 Å². The van der Waals surface area contributed by atoms with Gasteiger partial charge in [0.2, 0.25) is 0 Å². The van der Waals surface area contributed by atoms with E-state index in [-0.39, 0.29) is 0 Å². The van der Waals surface area contributed by atoms with Crippen LogP contribution in [-0.2, 0) is 0 Å². The van der Waals surface area contributed by atoms with Crippen LogP contribution in [0.25, 0.3) is 0 Å². The number of hydrogen-bond donors (Lipinski definition) is 0. The van der Waals surface area contributed by atoms with Crippen molar-refractivity contribution in [2.24, 2.45) is 0 Å². The predicted octanol–water partition coefficient (Wildman–Crippen LogP) is 7.08. The Bertz CT molecular complexity index is 398. The molecule has 0 amide bonds. The molecule has 0 aromatic rings. The quantitative estimate of drug-likeness (QED) is 0.455. The van der Waals surface area contributed by atoms with Crippen LogP contribution >= 0.6 is 23.5 Å². The molecule has 1 aliphatic rings. The Labute approximate surface area is 147 Å². The number of allylic oxidation sites excluding steroid dienone is 6. The van der Waals surface area contributed by atoms with E-state index in [4.69, 9.17) is 0 Å². The second-order valence-electron chi connectivity index (χ2n) is 4.40. The van der Waals surface area contributed by atoms with Crippen molar-refractivity contribution >= 4 is 23.5 Å². The van der Waals surface area contributed by atoms with E-state index in [1.807, 2.05) is 39.5 Å². The molecule has 0 aromatic heterocycles. The molecule has 0 unspecified atom stereocenters. The third kappa shape index (κ3) is 11.0. The van der Waals surface area contributed by atoms with Gasteiger partial charge in [-0.1, -0.05) is 70.7 Å². The standard InChI is InChI=1S/C16H22S2.2C2H6/c1-13(11-17-3)5-6-14(2)16-9-7-15(8-10-16)12-18-4;2*1-2/h5-7,9H,1-2,8,10-12H2,3-4H3;2*1-2H3/b6-5-;;. The zero-order chi connectivity index (χ0) is 17.4. The molecule has 1 rings (SSSR count). The molecule has 126 valence electrons. The lowest BCUT2D eigenvalue weighted by molar-refractivity contribution is 0.923. The van der Waals surface area contributed by atoms with Crippen LogP contribution in [0.4, 0.5) is 0 Å². The van der Waals surface area contributed by atoms with Gasteiger partial charge in [0.15, 0.2) is 0 Å². The molecule has 0 saturated carbocycles. The van der Waals surface area contributed by atoms with Gasteiger partial charge in [0.05, 0.1) is 0 Å². The maximum absolute atomic E-state index is 4.14. The molecule has 0 aliphatic heterocycles. The highest BCUT2D eigenvalue weighted by molar-refractivity contribution is 7.98. The van der Waals surface area contributed by atoms with Gasteiger partial charge in [-0.05, 0) is 42.1 Å². The molecule has 0 aromatic carbocycles. The van der Waals surface area contributed by atoms with E-state index in [0.29, 0.717) is 0 Å². The van der Waals surface area contributed by atoms with Crippen molar-refractivity contribution in [2.45, 2.75) is 40.5 Å². The highest BCUT2D eigenvalue weighted by Crippen LogP contribution is 2.25. The van der Waals surface area contributed by atoms with Gasteiger partial charge < -0.3 is 0 Å². The summed E-state index contributed by atoms with van der Waals surface area (Å²) in [6.07, 6.45) is 15.2. The maximum Gasteiger partial charge on any atom is 0.0175 e. The molecule has 0 heterocycles. The molecule has 0 atom stereocenters. The summed E-state index contributed by atoms with van der Waals surface area (Å²) >= 11 is 3.69. The van der Waals surface area contributed by atoms with E-state index < -0.39 is 0 Å². The fraction of sp³-hybridized carbons (Fsp3) is 0.500. The summed E-state index contributed by atoms with van der Waals surface area (Å²) in [5.74, 6) is 2.14. The van der Waals surface area contributed by atoms with Crippen molar-refractivity contribution in [3.8, 4) is 0 Å². The summed E-state index contributed by atoms with van der Waals surface area (Å²) in [6, 6.07) is 0. The molecule has 0 spiro atoms. The first-order chi connectivity index (χ1) is 10.7. The second-order valence-corrected chi connectivity index (χ2v) is 6.13. The van der Waals surface area contributed by atoms with Gasteiger partial charge >= 0.3 is 0 Å². The Morgan fingerprint density at radius 2 is 1.64 bits per heavy atom. The molecule has 2 heteroatoms. The van der Waals surface area contributed by atoms with E-state index in [1.165, 1.54) is 17.6 Å². The van der Waals surface area contributed by atoms with E-state index in [9.17, 15) is 0 Å². The normalized spacial score (nSPS) is 13.2. The first kappa shape index (κ1) is 23.7. The van der Waals surface area contributed by atoms with Gasteiger partial charge in [0.25, 0.3) is 0 Å². The molecule has 0 radical (unpaired) electrons. The SMILES string of the molecule is C=C(/C=C\C(=C)C1=CC=C(CSC)CC1)CSC.CC.CC. The summed E-state index contributed by atoms with van der Waals surface area (Å²) in [5.41, 5.74) is 5.17. The Morgan fingerprint density at radius 1 is 1.00 bits per heavy atom. The Morgan fingerprint density at radius 3 is 2.09 bits per heavy atom. The van der Waals surface area contributed by atoms with Crippen molar-refractivity contribution in [1.29, 1.82) is 0 Å². The van der Waals surface area contributed by atoms with E-state index in [1.54, 1.807) is 11.8 Å². The molecular weight excluding hydrogens is 304 g/mol. The maximum atomic E-state index is 4.14. The Hall–Kier alpha value is -0.600. The topological polar surface area (TPSA) is 0 Å². The summed E-state index contributed by atoms with van der Waals surface area (Å²) in [6.45, 7) is 16.2. The molecule has 0 nitrogen and oxygen atoms in total. The van der Waals surface area contributed by atoms with Crippen LogP contribution in [0, 0.1) is 0 Å². The monoisotopic (exact) mass is 338 g/mol. The number of rotatable bonds is 7. The van der Waals surface area contributed by atoms with Crippen molar-refractivity contribution in [3.05, 3.63) is 59.8 Å². The third-order valence-corrected chi connectivity index (χ3v) is 4.15. The van der Waals surface area contributed by atoms with Crippen LogP contribution < -0.4 is 0 Å². The van der Waals surface area contributed by atoms with Crippen LogP contribution in [0.1, 0.15) is 40.5 Å². The van der Waals surface area contributed by atoms with Crippen LogP contribution in [0.2, 0.25) is 0 Å². The Kier molecular flexibility index (Phi) is 18.0. The van der Waals surface area contributed by atoms with E-state index in [0.717, 1.165) is 29.1 Å². The van der Waals surface area contributed by atoms with Gasteiger partial charge in [0.1, 0.15) is 0 Å². The van der Waals surface area contributed by atoms with Gasteiger partial charge in [-0.15, -0.1) is 0 Å². The van der Waals surface area contributed by atoms with Crippen LogP contribution in [0.5, 0.6) is 0 Å². The van der Waals surface area contributed by atoms with Crippen LogP contribution in [-0.4, -0.2) is 24.0 Å². The summed E-state index contributed by atoms with van der Waals surface area (Å²) in [7, 11) is 0. The largest absolute Gasteiger partial charge is 0.161 e. The van der Waals surface area contributed by atoms with Crippen molar-refractivity contribution in [3.63, 3.8) is 0 Å². The molecule has 0 saturated heterocycles. The molecular formula is C20H34S2. The second kappa shape index (κ2) is 16.8. The highest BCUT2D eigenvalue weighted by Gasteiger charge is 2.07. The molecule has 0 N–H and O–H groups in total. The number of thioether (sulfide) groups is 2. The summed E-state index contributed by atoms with van der Waals surface area (Å²) in [4.78, 5) is 0. The third-order valence-electron chi connectivity index (χ3n) is 2.83. The first-order valence-corrected chi connectivity index (χ1v) is 10.9. The summed E-state index contributed by atoms with van der Waals surface area (Å²) in [5, 5.41) is 0. The molecule has 0 bridgehead atoms. The molecule has 22 heavy (non-hydrogen) atoms. The minimum absolute atomic E-state index is 0.987. The van der Waals surface area contributed by atoms with Crippen LogP contribution in [0.3, 0.4) is 0 Å². The first-order valence-electron chi connectivity index (χ1n) is 8.09. The van der Waals surface area contributed by atoms with E-state index in [2.05, 4.69) is 50.0 Å². The van der Waals surface area contributed by atoms with Gasteiger partial charge in [-0.3, -0.25) is 0 Å². The highest BCUT2D eigenvalue weighted by atomic mass is 32.2. The lowest BCUT2D eigenvalue weighted by atomic mass is 9.94. The lowest BCUT2D eigenvalue weighted by Crippen LogP contribution is -1.97. The predicted molar refractivity (Wildman–Crippen MR) is 112 cm³/mol. The zero-order valence-corrected chi connectivity index (χ0v) is 17.0. The smallest absolute Gasteiger partial charge is 0.0175 e. The van der Waals surface area contributed by atoms with Crippen molar-refractivity contribution < 1.29 is 0 Å². The Balaban J connectivity index is 0. The zero-order valence-electron chi connectivity index (χ0n) is 15.4. The minimum atomic E-state index is 0.987. The van der Waals surface area contributed by atoms with Gasteiger partial charge in [-0.2, -0.15) is 23.5 Å². The average molecular weight is 339 g/mol. The van der Waals surface area contributed by atoms with Crippen molar-refractivity contribution in [1.82, 2.24) is 0 Å². The lowest BCUT2D eigenvalue weighted by Gasteiger charge is -2.14. The minimum Gasteiger partial charge on any atom is -0.161 e. The fourth-order valence-electron chi connectivity index (χ4n) is 1.81. The van der Waals surface area contributed by atoms with Gasteiger partial charge in [-0.25, -0.2) is 0 Å². The molecule has 1 aliphatic carbocycles. The van der Waals surface area contributed by atoms with Gasteiger partial charge in [0, 0.05) is 11.5 Å². The number of hydrogen-bond acceptors (Lipinski definition) is 2. The van der Waals surface area contributed by atoms with Crippen LogP contribution in [0.15, 0.2) is 59.8 Å². The van der Waals surface area contributed by atoms with E-state index >= 15 is 0 Å². The fourth-order valence-corrected chi connectivity index (χ4v) is 2.89.